The molecule has 4 rings (SSSR count). The van der Waals surface area contributed by atoms with Gasteiger partial charge in [0.25, 0.3) is 0 Å². The maximum atomic E-state index is 11.8. The van der Waals surface area contributed by atoms with Crippen LogP contribution in [0.4, 0.5) is 52.7 Å². The molecule has 0 aromatic heterocycles. The molecule has 4 aromatic rings. The zero-order valence-electron chi connectivity index (χ0n) is 33.3. The van der Waals surface area contributed by atoms with Gasteiger partial charge in [-0.15, -0.1) is 0 Å². The van der Waals surface area contributed by atoms with Crippen molar-refractivity contribution in [2.45, 2.75) is 43.3 Å². The second kappa shape index (κ2) is 34.2. The van der Waals surface area contributed by atoms with Crippen LogP contribution in [0.3, 0.4) is 0 Å². The summed E-state index contributed by atoms with van der Waals surface area (Å²) in [4.78, 5) is 17.6. The van der Waals surface area contributed by atoms with Gasteiger partial charge in [-0.1, -0.05) is 72.8 Å². The van der Waals surface area contributed by atoms with Crippen molar-refractivity contribution in [2.24, 2.45) is 0 Å². The predicted molar refractivity (Wildman–Crippen MR) is 223 cm³/mol. The van der Waals surface area contributed by atoms with E-state index in [-0.39, 0.29) is 0 Å². The van der Waals surface area contributed by atoms with Crippen molar-refractivity contribution in [1.29, 1.82) is 0 Å². The molecular formula is C40H47ClF12NO6P2Ru+3. The summed E-state index contributed by atoms with van der Waals surface area (Å²) in [5.74, 6) is -15.6. The maximum Gasteiger partial charge on any atom is 0.0967 e. The molecular weight excluding hydrogens is 1020 g/mol. The van der Waals surface area contributed by atoms with E-state index in [0.29, 0.717) is 14.2 Å². The summed E-state index contributed by atoms with van der Waals surface area (Å²) in [5.41, 5.74) is 0. The van der Waals surface area contributed by atoms with Crippen molar-refractivity contribution in [3.05, 3.63) is 121 Å². The van der Waals surface area contributed by atoms with Crippen molar-refractivity contribution in [3.63, 3.8) is 0 Å². The number of aliphatic hydroxyl groups excluding tert-OH is 2. The first-order valence-corrected chi connectivity index (χ1v) is 23.5. The first-order chi connectivity index (χ1) is 29.8. The fraction of sp³-hybridized carbons (Fsp3) is 0.350. The van der Waals surface area contributed by atoms with Gasteiger partial charge in [0.1, 0.15) is 6.61 Å². The quantitative estimate of drug-likeness (QED) is 0.0150. The van der Waals surface area contributed by atoms with Gasteiger partial charge in [0.05, 0.1) is 56.5 Å². The van der Waals surface area contributed by atoms with Crippen molar-refractivity contribution >= 4 is 59.5 Å². The molecule has 4 aromatic carbocycles. The summed E-state index contributed by atoms with van der Waals surface area (Å²) in [6.45, 7) is 3.58. The molecule has 0 amide bonds. The van der Waals surface area contributed by atoms with Crippen LogP contribution < -0.4 is 26.5 Å². The molecule has 23 heteroatoms. The summed E-state index contributed by atoms with van der Waals surface area (Å²) in [6.07, 6.45) is -12.0. The molecule has 0 aliphatic carbocycles. The van der Waals surface area contributed by atoms with Gasteiger partial charge in [-0.3, -0.25) is 6.79 Å². The Morgan fingerprint density at radius 3 is 1.10 bits per heavy atom. The normalized spacial score (nSPS) is 11.7. The molecule has 0 bridgehead atoms. The number of carbonyl (C=O) groups is 1. The molecule has 0 aliphatic heterocycles. The molecule has 1 unspecified atom stereocenters. The van der Waals surface area contributed by atoms with Gasteiger partial charge < -0.3 is 29.8 Å². The molecule has 1 atom stereocenters. The van der Waals surface area contributed by atoms with E-state index in [2.05, 4.69) is 153 Å². The molecule has 0 heterocycles. The van der Waals surface area contributed by atoms with E-state index in [1.165, 1.54) is 33.5 Å². The number of methoxy groups -OCH3 is 2. The van der Waals surface area contributed by atoms with Gasteiger partial charge in [-0.2, -0.15) is 26.3 Å². The van der Waals surface area contributed by atoms with Gasteiger partial charge in [0, 0.05) is 20.2 Å². The largest absolute Gasteiger partial charge is 0.310 e. The molecule has 0 spiro atoms. The van der Waals surface area contributed by atoms with E-state index in [9.17, 15) is 57.5 Å². The molecule has 63 heavy (non-hydrogen) atoms. The van der Waals surface area contributed by atoms with Crippen molar-refractivity contribution in [2.75, 3.05) is 46.2 Å². The fourth-order valence-electron chi connectivity index (χ4n) is 4.58. The van der Waals surface area contributed by atoms with Crippen LogP contribution in [0, 0.1) is 0 Å². The average molecular weight is 1060 g/mol. The number of nitrogens with one attached hydrogen (secondary N) is 1. The number of hydrogen-bond donors (Lipinski definition) is 3. The van der Waals surface area contributed by atoms with E-state index in [1.807, 2.05) is 0 Å². The van der Waals surface area contributed by atoms with Crippen LogP contribution in [0.2, 0.25) is 0 Å². The standard InChI is InChI=1S/C28H29NP2.C4H6F4O2.C4H4F4O2.C3H4F4O.CHO.ClH.Ru.H/c1-5-13-25(14-6-1)30(26-15-7-2-8-16-26)23-21-29-22-24-31(27-17-9-3-10-18-27)28-19-11-4-12-20-28;2*1-10-3(9)4(7,8)2(5)6;4-2(5)3(6,7)1-8;1-2;;;/h1-20,29H,21-24H2;2-3,9H,1H3;2H,1H3;2,8H,1H2;1H;1H;;/q;;;;-1;;+3;/p+1. The number of alkyl halides is 12. The van der Waals surface area contributed by atoms with Crippen LogP contribution in [0.15, 0.2) is 121 Å². The summed E-state index contributed by atoms with van der Waals surface area (Å²) < 4.78 is 143. The third-order valence-electron chi connectivity index (χ3n) is 7.70. The number of esters is 1. The Morgan fingerprint density at radius 1 is 0.635 bits per heavy atom. The van der Waals surface area contributed by atoms with Crippen molar-refractivity contribution < 1.29 is 99.3 Å². The number of rotatable bonds is 17. The third kappa shape index (κ3) is 23.5. The zero-order chi connectivity index (χ0) is 48.6. The van der Waals surface area contributed by atoms with Crippen LogP contribution in [-0.4, -0.2) is 113 Å². The Kier molecular flexibility index (Phi) is 33.6. The Hall–Kier alpha value is -3.21. The van der Waals surface area contributed by atoms with E-state index in [0.717, 1.165) is 13.1 Å². The smallest absolute Gasteiger partial charge is 0.0967 e. The van der Waals surface area contributed by atoms with Crippen LogP contribution in [0.25, 0.3) is 0 Å². The molecule has 0 saturated heterocycles. The summed E-state index contributed by atoms with van der Waals surface area (Å²) in [5, 5.41) is 25.4. The predicted octanol–water partition coefficient (Wildman–Crippen LogP) is 7.24. The van der Waals surface area contributed by atoms with E-state index < -0.39 is 71.8 Å². The van der Waals surface area contributed by atoms with E-state index in [4.69, 9.17) is 15.0 Å². The average Bonchev–Trinajstić information content (AvgIpc) is 3.31. The number of ether oxygens (including phenoxy) is 2. The SMILES string of the molecule is COC(=O)C(F)(F)C(F)F.COC(O)C(F)(F)C(F)F.OCC(F)(F)C(F)F.[CH-]=O.[Cl][RuH+2].c1ccc([PH+](CCNCC[PH+](c2ccccc2)c2ccccc2)c2ccccc2)cc1. The molecule has 0 fully saturated rings. The molecule has 7 nitrogen and oxygen atoms in total. The Labute approximate surface area is 373 Å². The Morgan fingerprint density at radius 2 is 0.937 bits per heavy atom. The first-order valence-electron chi connectivity index (χ1n) is 17.7. The number of carbonyl (C=O) groups excluding carboxylic acids is 2. The fourth-order valence-corrected chi connectivity index (χ4v) is 9.63. The number of halogens is 13. The maximum absolute atomic E-state index is 11.8. The second-order valence-corrected chi connectivity index (χ2v) is 17.1. The topological polar surface area (TPSA) is 105 Å². The minimum atomic E-state index is -4.69. The zero-order valence-corrected chi connectivity index (χ0v) is 37.9. The number of aliphatic hydroxyl groups is 2. The monoisotopic (exact) mass is 1060 g/mol. The summed E-state index contributed by atoms with van der Waals surface area (Å²) in [6, 6.07) is 44.2. The van der Waals surface area contributed by atoms with E-state index in [1.54, 1.807) is 17.3 Å². The summed E-state index contributed by atoms with van der Waals surface area (Å²) in [7, 11) is 4.41. The van der Waals surface area contributed by atoms with Crippen LogP contribution in [-0.2, 0) is 36.4 Å². The number of benzene rings is 4. The molecule has 0 saturated carbocycles. The van der Waals surface area contributed by atoms with E-state index >= 15 is 0 Å². The summed E-state index contributed by atoms with van der Waals surface area (Å²) >= 11 is 1.62. The molecule has 3 N–H and O–H groups in total. The Bertz CT molecular complexity index is 1560. The van der Waals surface area contributed by atoms with Gasteiger partial charge in [0.15, 0.2) is 0 Å². The molecule has 0 aliphatic rings. The minimum Gasteiger partial charge on any atom is -0.310 e. The molecule has 0 radical (unpaired) electrons. The van der Waals surface area contributed by atoms with Crippen LogP contribution in [0.1, 0.15) is 0 Å². The van der Waals surface area contributed by atoms with Crippen LogP contribution >= 0.6 is 25.5 Å². The third-order valence-corrected chi connectivity index (χ3v) is 13.3. The number of hydrogen-bond acceptors (Lipinski definition) is 7. The first kappa shape index (κ1) is 61.9. The van der Waals surface area contributed by atoms with Crippen molar-refractivity contribution in [1.82, 2.24) is 5.32 Å². The molecule has 354 valence electrons. The minimum absolute atomic E-state index is 0.610. The Balaban J connectivity index is 0. The van der Waals surface area contributed by atoms with Gasteiger partial charge >= 0.3 is 70.0 Å². The van der Waals surface area contributed by atoms with Gasteiger partial charge in [-0.25, -0.2) is 31.1 Å². The second-order valence-electron chi connectivity index (χ2n) is 11.9. The van der Waals surface area contributed by atoms with Crippen LogP contribution in [0.5, 0.6) is 0 Å². The van der Waals surface area contributed by atoms with Crippen molar-refractivity contribution in [3.8, 4) is 0 Å². The van der Waals surface area contributed by atoms with Gasteiger partial charge in [0.2, 0.25) is 6.29 Å². The van der Waals surface area contributed by atoms with Gasteiger partial charge in [-0.05, 0) is 48.5 Å².